The number of hydrogen-bond acceptors (Lipinski definition) is 2. The van der Waals surface area contributed by atoms with Crippen LogP contribution in [0.4, 0.5) is 0 Å². The van der Waals surface area contributed by atoms with E-state index in [0.717, 1.165) is 25.0 Å². The molecular weight excluding hydrogens is 166 g/mol. The number of hydrogen-bond donors (Lipinski definition) is 0. The molecule has 0 saturated carbocycles. The molecule has 1 heterocycles. The first kappa shape index (κ1) is 9.96. The molecular formula is C10H15NO2. The second-order valence-electron chi connectivity index (χ2n) is 3.25. The van der Waals surface area contributed by atoms with Crippen LogP contribution in [-0.2, 0) is 9.59 Å². The van der Waals surface area contributed by atoms with Crippen molar-refractivity contribution in [2.45, 2.75) is 33.1 Å². The van der Waals surface area contributed by atoms with Crippen LogP contribution in [0.3, 0.4) is 0 Å². The highest BCUT2D eigenvalue weighted by atomic mass is 16.2. The van der Waals surface area contributed by atoms with Gasteiger partial charge in [0.25, 0.3) is 0 Å². The van der Waals surface area contributed by atoms with E-state index in [-0.39, 0.29) is 11.7 Å². The highest BCUT2D eigenvalue weighted by Gasteiger charge is 2.16. The van der Waals surface area contributed by atoms with E-state index in [1.807, 2.05) is 6.92 Å². The Hall–Kier alpha value is -1.12. The Morgan fingerprint density at radius 3 is 2.77 bits per heavy atom. The molecule has 0 aromatic carbocycles. The fourth-order valence-corrected chi connectivity index (χ4v) is 1.42. The van der Waals surface area contributed by atoms with Crippen LogP contribution in [0, 0.1) is 0 Å². The van der Waals surface area contributed by atoms with Gasteiger partial charge < -0.3 is 4.90 Å². The van der Waals surface area contributed by atoms with Crippen LogP contribution in [0.1, 0.15) is 33.1 Å². The topological polar surface area (TPSA) is 37.4 Å². The molecule has 0 radical (unpaired) electrons. The Morgan fingerprint density at radius 1 is 1.54 bits per heavy atom. The van der Waals surface area contributed by atoms with E-state index in [9.17, 15) is 9.59 Å². The smallest absolute Gasteiger partial charge is 0.226 e. The van der Waals surface area contributed by atoms with Gasteiger partial charge in [0.15, 0.2) is 5.78 Å². The van der Waals surface area contributed by atoms with Crippen molar-refractivity contribution in [1.82, 2.24) is 4.90 Å². The molecule has 0 aliphatic carbocycles. The first-order valence-electron chi connectivity index (χ1n) is 4.66. The Labute approximate surface area is 78.4 Å². The number of Topliss-reactive ketones (excluding diaryl/α,β-unsaturated/α-hetero) is 1. The third-order valence-corrected chi connectivity index (χ3v) is 2.23. The summed E-state index contributed by atoms with van der Waals surface area (Å²) >= 11 is 0. The highest BCUT2D eigenvalue weighted by Crippen LogP contribution is 2.15. The molecule has 3 nitrogen and oxygen atoms in total. The number of amides is 1. The Morgan fingerprint density at radius 2 is 2.23 bits per heavy atom. The van der Waals surface area contributed by atoms with Crippen molar-refractivity contribution in [2.75, 3.05) is 6.54 Å². The quantitative estimate of drug-likeness (QED) is 0.647. The van der Waals surface area contributed by atoms with Gasteiger partial charge >= 0.3 is 0 Å². The average molecular weight is 181 g/mol. The SMILES string of the molecule is CCC(=O)N1C=C(C(C)=O)CCC1. The van der Waals surface area contributed by atoms with Crippen LogP contribution in [0.15, 0.2) is 11.8 Å². The molecule has 0 aromatic heterocycles. The largest absolute Gasteiger partial charge is 0.319 e. The summed E-state index contributed by atoms with van der Waals surface area (Å²) in [4.78, 5) is 24.0. The van der Waals surface area contributed by atoms with Crippen molar-refractivity contribution in [1.29, 1.82) is 0 Å². The molecule has 0 unspecified atom stereocenters. The molecule has 0 N–H and O–H groups in total. The van der Waals surface area contributed by atoms with Crippen LogP contribution < -0.4 is 0 Å². The van der Waals surface area contributed by atoms with Gasteiger partial charge in [0.2, 0.25) is 5.91 Å². The maximum atomic E-state index is 11.3. The van der Waals surface area contributed by atoms with Gasteiger partial charge in [0, 0.05) is 24.7 Å². The van der Waals surface area contributed by atoms with Gasteiger partial charge in [-0.1, -0.05) is 6.92 Å². The van der Waals surface area contributed by atoms with E-state index in [1.54, 1.807) is 18.0 Å². The minimum atomic E-state index is 0.0774. The monoisotopic (exact) mass is 181 g/mol. The molecule has 3 heteroatoms. The van der Waals surface area contributed by atoms with Gasteiger partial charge in [-0.2, -0.15) is 0 Å². The second kappa shape index (κ2) is 4.21. The standard InChI is InChI=1S/C10H15NO2/c1-3-10(13)11-6-4-5-9(7-11)8(2)12/h7H,3-6H2,1-2H3. The summed E-state index contributed by atoms with van der Waals surface area (Å²) in [7, 11) is 0. The molecule has 0 spiro atoms. The minimum absolute atomic E-state index is 0.0774. The van der Waals surface area contributed by atoms with Crippen LogP contribution >= 0.6 is 0 Å². The van der Waals surface area contributed by atoms with Crippen molar-refractivity contribution in [3.63, 3.8) is 0 Å². The van der Waals surface area contributed by atoms with Crippen LogP contribution in [0.2, 0.25) is 0 Å². The first-order chi connectivity index (χ1) is 6.15. The number of carbonyl (C=O) groups is 2. The van der Waals surface area contributed by atoms with Crippen LogP contribution in [0.25, 0.3) is 0 Å². The second-order valence-corrected chi connectivity index (χ2v) is 3.25. The zero-order chi connectivity index (χ0) is 9.84. The molecule has 1 rings (SSSR count). The van der Waals surface area contributed by atoms with Gasteiger partial charge in [-0.15, -0.1) is 0 Å². The number of ketones is 1. The van der Waals surface area contributed by atoms with Gasteiger partial charge in [-0.3, -0.25) is 9.59 Å². The van der Waals surface area contributed by atoms with Gasteiger partial charge in [-0.25, -0.2) is 0 Å². The van der Waals surface area contributed by atoms with Gasteiger partial charge in [-0.05, 0) is 19.8 Å². The number of nitrogens with zero attached hydrogens (tertiary/aromatic N) is 1. The molecule has 1 amide bonds. The van der Waals surface area contributed by atoms with E-state index >= 15 is 0 Å². The van der Waals surface area contributed by atoms with E-state index < -0.39 is 0 Å². The van der Waals surface area contributed by atoms with Crippen LogP contribution in [0.5, 0.6) is 0 Å². The number of carbonyl (C=O) groups excluding carboxylic acids is 2. The maximum absolute atomic E-state index is 11.3. The lowest BCUT2D eigenvalue weighted by atomic mass is 10.0. The van der Waals surface area contributed by atoms with E-state index in [0.29, 0.717) is 6.42 Å². The molecule has 0 bridgehead atoms. The van der Waals surface area contributed by atoms with E-state index in [2.05, 4.69) is 0 Å². The fourth-order valence-electron chi connectivity index (χ4n) is 1.42. The highest BCUT2D eigenvalue weighted by molar-refractivity contribution is 5.94. The van der Waals surface area contributed by atoms with Gasteiger partial charge in [0.05, 0.1) is 0 Å². The number of allylic oxidation sites excluding steroid dienone is 1. The molecule has 0 saturated heterocycles. The Kier molecular flexibility index (Phi) is 3.23. The summed E-state index contributed by atoms with van der Waals surface area (Å²) in [5.74, 6) is 0.173. The average Bonchev–Trinajstić information content (AvgIpc) is 2.17. The molecule has 0 aromatic rings. The van der Waals surface area contributed by atoms with Crippen molar-refractivity contribution >= 4 is 11.7 Å². The number of rotatable bonds is 2. The predicted molar refractivity (Wildman–Crippen MR) is 50.0 cm³/mol. The summed E-state index contributed by atoms with van der Waals surface area (Å²) in [6.45, 7) is 4.13. The fraction of sp³-hybridized carbons (Fsp3) is 0.600. The van der Waals surface area contributed by atoms with E-state index in [1.165, 1.54) is 0 Å². The summed E-state index contributed by atoms with van der Waals surface area (Å²) in [5.41, 5.74) is 0.771. The molecule has 0 fully saturated rings. The molecule has 0 atom stereocenters. The minimum Gasteiger partial charge on any atom is -0.319 e. The summed E-state index contributed by atoms with van der Waals surface area (Å²) < 4.78 is 0. The lowest BCUT2D eigenvalue weighted by molar-refractivity contribution is -0.128. The summed E-state index contributed by atoms with van der Waals surface area (Å²) in [6.07, 6.45) is 3.92. The van der Waals surface area contributed by atoms with Crippen molar-refractivity contribution in [3.05, 3.63) is 11.8 Å². The third kappa shape index (κ3) is 2.41. The third-order valence-electron chi connectivity index (χ3n) is 2.23. The summed E-state index contributed by atoms with van der Waals surface area (Å²) in [5, 5.41) is 0. The lowest BCUT2D eigenvalue weighted by Crippen LogP contribution is -2.30. The zero-order valence-electron chi connectivity index (χ0n) is 8.17. The van der Waals surface area contributed by atoms with Crippen molar-refractivity contribution < 1.29 is 9.59 Å². The Bertz CT molecular complexity index is 256. The van der Waals surface area contributed by atoms with Crippen molar-refractivity contribution in [3.8, 4) is 0 Å². The van der Waals surface area contributed by atoms with Crippen molar-refractivity contribution in [2.24, 2.45) is 0 Å². The molecule has 1 aliphatic rings. The maximum Gasteiger partial charge on any atom is 0.226 e. The van der Waals surface area contributed by atoms with E-state index in [4.69, 9.17) is 0 Å². The summed E-state index contributed by atoms with van der Waals surface area (Å²) in [6, 6.07) is 0. The zero-order valence-corrected chi connectivity index (χ0v) is 8.17. The predicted octanol–water partition coefficient (Wildman–Crippen LogP) is 1.49. The lowest BCUT2D eigenvalue weighted by Gasteiger charge is -2.23. The van der Waals surface area contributed by atoms with Gasteiger partial charge in [0.1, 0.15) is 0 Å². The normalized spacial score (nSPS) is 16.8. The molecule has 1 aliphatic heterocycles. The molecule has 13 heavy (non-hydrogen) atoms. The first-order valence-corrected chi connectivity index (χ1v) is 4.66. The Balaban J connectivity index is 2.73. The van der Waals surface area contributed by atoms with Crippen LogP contribution in [-0.4, -0.2) is 23.1 Å². The molecule has 72 valence electrons.